The molecule has 0 fully saturated rings. The normalized spacial score (nSPS) is 12.9. The van der Waals surface area contributed by atoms with Crippen molar-refractivity contribution in [1.82, 2.24) is 0 Å². The first-order chi connectivity index (χ1) is 31.3. The maximum Gasteiger partial charge on any atom is 0.136 e. The lowest BCUT2D eigenvalue weighted by Gasteiger charge is -2.31. The highest BCUT2D eigenvalue weighted by atomic mass is 16.3. The lowest BCUT2D eigenvalue weighted by Crippen LogP contribution is -2.25. The van der Waals surface area contributed by atoms with Crippen LogP contribution in [0.4, 0.5) is 17.1 Å². The third-order valence-corrected chi connectivity index (χ3v) is 13.5. The van der Waals surface area contributed by atoms with Crippen LogP contribution in [0.15, 0.2) is 241 Å². The van der Waals surface area contributed by atoms with Gasteiger partial charge in [0.2, 0.25) is 0 Å². The van der Waals surface area contributed by atoms with E-state index in [0.717, 1.165) is 50.1 Å². The molecule has 0 saturated heterocycles. The lowest BCUT2D eigenvalue weighted by atomic mass is 9.70. The molecule has 1 aromatic heterocycles. The van der Waals surface area contributed by atoms with E-state index in [1.165, 1.54) is 66.8 Å². The zero-order valence-corrected chi connectivity index (χ0v) is 34.4. The van der Waals surface area contributed by atoms with Crippen LogP contribution in [-0.2, 0) is 5.41 Å². The number of nitrogens with zero attached hydrogens (tertiary/aromatic N) is 1. The molecule has 0 bridgehead atoms. The van der Waals surface area contributed by atoms with Gasteiger partial charge in [0.1, 0.15) is 11.2 Å². The Hall–Kier alpha value is -8.20. The highest BCUT2D eigenvalue weighted by molar-refractivity contribution is 6.16. The summed E-state index contributed by atoms with van der Waals surface area (Å²) in [4.78, 5) is 2.46. The van der Waals surface area contributed by atoms with Gasteiger partial charge in [0.15, 0.2) is 0 Å². The average Bonchev–Trinajstić information content (AvgIpc) is 3.99. The topological polar surface area (TPSA) is 16.4 Å². The molecule has 0 aliphatic heterocycles. The Kier molecular flexibility index (Phi) is 7.85. The van der Waals surface area contributed by atoms with Gasteiger partial charge >= 0.3 is 0 Å². The van der Waals surface area contributed by atoms with Gasteiger partial charge in [-0.05, 0) is 121 Å². The third-order valence-electron chi connectivity index (χ3n) is 13.5. The van der Waals surface area contributed by atoms with Crippen molar-refractivity contribution >= 4 is 39.0 Å². The molecule has 0 saturated carbocycles. The summed E-state index contributed by atoms with van der Waals surface area (Å²) in [6.07, 6.45) is 0. The quantitative estimate of drug-likeness (QED) is 0.167. The SMILES string of the molecule is c1ccc(-c2ccc(N(c3ccc4c(c3)-c3ccccc3C43c4ccccc4-c4ccccc43)c3ccc4oc5ccccc5c4c3-c3cccc(-c4ccccc4)c3)cc2)cc1. The molecule has 0 amide bonds. The van der Waals surface area contributed by atoms with Crippen LogP contribution in [0, 0.1) is 0 Å². The van der Waals surface area contributed by atoms with E-state index in [2.05, 4.69) is 241 Å². The first kappa shape index (κ1) is 35.5. The van der Waals surface area contributed by atoms with E-state index in [4.69, 9.17) is 4.42 Å². The van der Waals surface area contributed by atoms with Crippen LogP contribution in [-0.4, -0.2) is 0 Å². The summed E-state index contributed by atoms with van der Waals surface area (Å²) in [6.45, 7) is 0. The van der Waals surface area contributed by atoms with Crippen molar-refractivity contribution in [2.75, 3.05) is 4.90 Å². The summed E-state index contributed by atoms with van der Waals surface area (Å²) >= 11 is 0. The second kappa shape index (κ2) is 13.9. The Labute approximate surface area is 366 Å². The monoisotopic (exact) mass is 801 g/mol. The molecule has 0 atom stereocenters. The Morgan fingerprint density at radius 3 is 1.51 bits per heavy atom. The number of para-hydroxylation sites is 1. The van der Waals surface area contributed by atoms with Gasteiger partial charge < -0.3 is 9.32 Å². The number of anilines is 3. The Morgan fingerprint density at radius 1 is 0.317 bits per heavy atom. The van der Waals surface area contributed by atoms with Gasteiger partial charge in [-0.1, -0.05) is 188 Å². The van der Waals surface area contributed by atoms with Gasteiger partial charge in [-0.3, -0.25) is 0 Å². The fourth-order valence-corrected chi connectivity index (χ4v) is 10.9. The Bertz CT molecular complexity index is 3520. The molecular formula is C61H39NO. The van der Waals surface area contributed by atoms with Crippen molar-refractivity contribution in [3.8, 4) is 55.6 Å². The predicted molar refractivity (Wildman–Crippen MR) is 261 cm³/mol. The molecule has 0 unspecified atom stereocenters. The van der Waals surface area contributed by atoms with Crippen LogP contribution in [0.3, 0.4) is 0 Å². The number of benzene rings is 10. The summed E-state index contributed by atoms with van der Waals surface area (Å²) in [7, 11) is 0. The second-order valence-corrected chi connectivity index (χ2v) is 16.7. The van der Waals surface area contributed by atoms with E-state index in [9.17, 15) is 0 Å². The number of rotatable bonds is 6. The molecule has 1 heterocycles. The highest BCUT2D eigenvalue weighted by Gasteiger charge is 2.51. The maximum atomic E-state index is 6.63. The van der Waals surface area contributed by atoms with E-state index in [1.807, 2.05) is 0 Å². The van der Waals surface area contributed by atoms with E-state index < -0.39 is 5.41 Å². The number of hydrogen-bond donors (Lipinski definition) is 0. The lowest BCUT2D eigenvalue weighted by molar-refractivity contribution is 0.669. The number of furan rings is 1. The summed E-state index contributed by atoms with van der Waals surface area (Å²) in [5.74, 6) is 0. The smallest absolute Gasteiger partial charge is 0.136 e. The van der Waals surface area contributed by atoms with Crippen molar-refractivity contribution in [1.29, 1.82) is 0 Å². The van der Waals surface area contributed by atoms with Crippen LogP contribution >= 0.6 is 0 Å². The van der Waals surface area contributed by atoms with Gasteiger partial charge in [0.25, 0.3) is 0 Å². The molecule has 0 radical (unpaired) electrons. The predicted octanol–water partition coefficient (Wildman–Crippen LogP) is 16.4. The van der Waals surface area contributed by atoms with Crippen LogP contribution in [0.1, 0.15) is 22.3 Å². The average molecular weight is 802 g/mol. The molecule has 294 valence electrons. The molecular weight excluding hydrogens is 763 g/mol. The van der Waals surface area contributed by atoms with Crippen LogP contribution < -0.4 is 4.90 Å². The third kappa shape index (κ3) is 5.25. The molecule has 11 aromatic rings. The first-order valence-electron chi connectivity index (χ1n) is 21.8. The summed E-state index contributed by atoms with van der Waals surface area (Å²) < 4.78 is 6.63. The Balaban J connectivity index is 1.09. The zero-order valence-electron chi connectivity index (χ0n) is 34.4. The van der Waals surface area contributed by atoms with Gasteiger partial charge in [0, 0.05) is 27.7 Å². The number of fused-ring (bicyclic) bond motifs is 13. The fourth-order valence-electron chi connectivity index (χ4n) is 10.9. The van der Waals surface area contributed by atoms with Gasteiger partial charge in [0.05, 0.1) is 11.1 Å². The van der Waals surface area contributed by atoms with Gasteiger partial charge in [-0.2, -0.15) is 0 Å². The van der Waals surface area contributed by atoms with Gasteiger partial charge in [-0.15, -0.1) is 0 Å². The summed E-state index contributed by atoms with van der Waals surface area (Å²) in [5.41, 5.74) is 22.0. The van der Waals surface area contributed by atoms with Crippen LogP contribution in [0.5, 0.6) is 0 Å². The van der Waals surface area contributed by atoms with Crippen molar-refractivity contribution in [2.24, 2.45) is 0 Å². The van der Waals surface area contributed by atoms with Crippen molar-refractivity contribution in [3.63, 3.8) is 0 Å². The van der Waals surface area contributed by atoms with Crippen molar-refractivity contribution in [2.45, 2.75) is 5.41 Å². The fraction of sp³-hybridized carbons (Fsp3) is 0.0164. The van der Waals surface area contributed by atoms with Crippen molar-refractivity contribution in [3.05, 3.63) is 259 Å². The molecule has 13 rings (SSSR count). The number of hydrogen-bond acceptors (Lipinski definition) is 2. The van der Waals surface area contributed by atoms with E-state index >= 15 is 0 Å². The van der Waals surface area contributed by atoms with Crippen molar-refractivity contribution < 1.29 is 4.42 Å². The minimum absolute atomic E-state index is 0.419. The highest BCUT2D eigenvalue weighted by Crippen LogP contribution is 2.63. The Morgan fingerprint density at radius 2 is 0.825 bits per heavy atom. The van der Waals surface area contributed by atoms with Gasteiger partial charge in [-0.25, -0.2) is 0 Å². The van der Waals surface area contributed by atoms with E-state index in [0.29, 0.717) is 0 Å². The van der Waals surface area contributed by atoms with E-state index in [1.54, 1.807) is 0 Å². The molecule has 2 nitrogen and oxygen atoms in total. The summed E-state index contributed by atoms with van der Waals surface area (Å²) in [6, 6.07) is 86.5. The zero-order chi connectivity index (χ0) is 41.5. The van der Waals surface area contributed by atoms with Crippen LogP contribution in [0.25, 0.3) is 77.6 Å². The molecule has 10 aromatic carbocycles. The molecule has 2 heteroatoms. The molecule has 2 aliphatic carbocycles. The largest absolute Gasteiger partial charge is 0.456 e. The molecule has 2 aliphatic rings. The minimum Gasteiger partial charge on any atom is -0.456 e. The van der Waals surface area contributed by atoms with Crippen LogP contribution in [0.2, 0.25) is 0 Å². The van der Waals surface area contributed by atoms with E-state index in [-0.39, 0.29) is 0 Å². The molecule has 63 heavy (non-hydrogen) atoms. The first-order valence-corrected chi connectivity index (χ1v) is 21.8. The molecule has 1 spiro atoms. The molecule has 0 N–H and O–H groups in total. The second-order valence-electron chi connectivity index (χ2n) is 16.7. The summed E-state index contributed by atoms with van der Waals surface area (Å²) in [5, 5.41) is 2.20. The minimum atomic E-state index is -0.419. The standard InChI is InChI=1S/C61H39NO/c1-3-16-40(17-4-1)42-30-32-45(33-31-42)62(56-36-37-58-60(50-25-10-14-29-57(50)63-58)59(56)44-21-15-20-43(38-44)41-18-5-2-6-19-41)46-34-35-55-51(39-46)49-24-9-13-28-54(49)61(55)52-26-11-7-22-47(52)48-23-8-12-27-53(48)61/h1-39H. The maximum absolute atomic E-state index is 6.63.